The van der Waals surface area contributed by atoms with Crippen molar-refractivity contribution in [3.05, 3.63) is 11.4 Å². The number of carbonyl (C=O) groups excluding carboxylic acids is 2. The molecule has 1 N–H and O–H groups in total. The molecule has 0 fully saturated rings. The van der Waals surface area contributed by atoms with E-state index in [2.05, 4.69) is 20.4 Å². The van der Waals surface area contributed by atoms with Crippen LogP contribution in [0.15, 0.2) is 0 Å². The van der Waals surface area contributed by atoms with Gasteiger partial charge in [-0.15, -0.1) is 5.10 Å². The minimum Gasteiger partial charge on any atom is -0.464 e. The van der Waals surface area contributed by atoms with Gasteiger partial charge in [-0.25, -0.2) is 9.48 Å². The minimum absolute atomic E-state index is 0.0105. The summed E-state index contributed by atoms with van der Waals surface area (Å²) in [5, 5.41) is 10.1. The fourth-order valence-electron chi connectivity index (χ4n) is 1.46. The largest absolute Gasteiger partial charge is 0.464 e. The molecule has 2 heterocycles. The summed E-state index contributed by atoms with van der Waals surface area (Å²) in [5.41, 5.74) is 0.127. The molecule has 0 spiro atoms. The molecule has 1 aliphatic rings. The molecule has 0 saturated carbocycles. The van der Waals surface area contributed by atoms with Crippen LogP contribution >= 0.6 is 0 Å². The van der Waals surface area contributed by atoms with E-state index in [0.29, 0.717) is 6.54 Å². The summed E-state index contributed by atoms with van der Waals surface area (Å²) in [6.45, 7) is 2.36. The van der Waals surface area contributed by atoms with Crippen molar-refractivity contribution in [2.45, 2.75) is 13.0 Å². The summed E-state index contributed by atoms with van der Waals surface area (Å²) in [6, 6.07) is -0.0105. The Balaban J connectivity index is 2.52. The van der Waals surface area contributed by atoms with Crippen molar-refractivity contribution in [1.29, 1.82) is 0 Å². The predicted octanol–water partition coefficient (Wildman–Crippen LogP) is -0.631. The summed E-state index contributed by atoms with van der Waals surface area (Å²) in [4.78, 5) is 22.8. The molecule has 1 atom stereocenters. The van der Waals surface area contributed by atoms with Crippen LogP contribution in [0.1, 0.15) is 33.9 Å². The van der Waals surface area contributed by atoms with Crippen LogP contribution in [0.4, 0.5) is 0 Å². The zero-order valence-corrected chi connectivity index (χ0v) is 8.35. The lowest BCUT2D eigenvalue weighted by Crippen LogP contribution is -2.39. The van der Waals surface area contributed by atoms with Crippen molar-refractivity contribution in [3.8, 4) is 0 Å². The summed E-state index contributed by atoms with van der Waals surface area (Å²) in [5.74, 6) is -1.00. The number of hydrogen-bond acceptors (Lipinski definition) is 5. The third-order valence-electron chi connectivity index (χ3n) is 2.26. The zero-order valence-electron chi connectivity index (χ0n) is 8.35. The van der Waals surface area contributed by atoms with E-state index in [1.54, 1.807) is 0 Å². The van der Waals surface area contributed by atoms with Crippen molar-refractivity contribution < 1.29 is 14.3 Å². The molecule has 1 aromatic rings. The molecule has 1 unspecified atom stereocenters. The highest BCUT2D eigenvalue weighted by atomic mass is 16.5. The first-order valence-corrected chi connectivity index (χ1v) is 4.47. The van der Waals surface area contributed by atoms with Crippen molar-refractivity contribution in [2.24, 2.45) is 0 Å². The fraction of sp³-hybridized carbons (Fsp3) is 0.500. The van der Waals surface area contributed by atoms with E-state index in [1.165, 1.54) is 11.8 Å². The number of amides is 1. The highest BCUT2D eigenvalue weighted by molar-refractivity contribution is 6.03. The molecule has 0 aliphatic carbocycles. The Kier molecular flexibility index (Phi) is 2.14. The highest BCUT2D eigenvalue weighted by Crippen LogP contribution is 2.16. The minimum atomic E-state index is -0.652. The summed E-state index contributed by atoms with van der Waals surface area (Å²) >= 11 is 0. The van der Waals surface area contributed by atoms with Crippen LogP contribution in [0.3, 0.4) is 0 Å². The van der Waals surface area contributed by atoms with Crippen molar-refractivity contribution in [1.82, 2.24) is 20.3 Å². The molecule has 1 amide bonds. The fourth-order valence-corrected chi connectivity index (χ4v) is 1.46. The molecule has 0 bridgehead atoms. The number of carbonyl (C=O) groups is 2. The lowest BCUT2D eigenvalue weighted by atomic mass is 10.2. The van der Waals surface area contributed by atoms with E-state index in [-0.39, 0.29) is 23.3 Å². The normalized spacial score (nSPS) is 19.3. The average molecular weight is 210 g/mol. The third kappa shape index (κ3) is 1.36. The first kappa shape index (κ1) is 9.63. The van der Waals surface area contributed by atoms with Gasteiger partial charge in [0.05, 0.1) is 13.2 Å². The van der Waals surface area contributed by atoms with Crippen LogP contribution in [-0.2, 0) is 4.74 Å². The quantitative estimate of drug-likeness (QED) is 0.623. The van der Waals surface area contributed by atoms with E-state index < -0.39 is 5.97 Å². The molecule has 7 nitrogen and oxygen atoms in total. The Morgan fingerprint density at radius 1 is 1.67 bits per heavy atom. The zero-order chi connectivity index (χ0) is 11.0. The van der Waals surface area contributed by atoms with Gasteiger partial charge in [0.2, 0.25) is 5.69 Å². The summed E-state index contributed by atoms with van der Waals surface area (Å²) in [7, 11) is 1.23. The van der Waals surface area contributed by atoms with Crippen molar-refractivity contribution in [2.75, 3.05) is 13.7 Å². The lowest BCUT2D eigenvalue weighted by Gasteiger charge is -2.20. The SMILES string of the molecule is COC(=O)c1nnn2c1C(=O)NCC2C. The molecule has 0 aromatic carbocycles. The topological polar surface area (TPSA) is 86.1 Å². The molecule has 1 aromatic heterocycles. The van der Waals surface area contributed by atoms with Gasteiger partial charge < -0.3 is 10.1 Å². The Bertz CT molecular complexity index is 426. The second-order valence-electron chi connectivity index (χ2n) is 3.28. The van der Waals surface area contributed by atoms with E-state index >= 15 is 0 Å². The maximum absolute atomic E-state index is 11.5. The van der Waals surface area contributed by atoms with Crippen LogP contribution in [0, 0.1) is 0 Å². The standard InChI is InChI=1S/C8H10N4O3/c1-4-3-9-7(13)6-5(8(14)15-2)10-11-12(4)6/h4H,3H2,1-2H3,(H,9,13). The van der Waals surface area contributed by atoms with Gasteiger partial charge in [0, 0.05) is 6.54 Å². The van der Waals surface area contributed by atoms with Crippen molar-refractivity contribution in [3.63, 3.8) is 0 Å². The first-order chi connectivity index (χ1) is 7.15. The van der Waals surface area contributed by atoms with Gasteiger partial charge in [0.25, 0.3) is 5.91 Å². The second-order valence-corrected chi connectivity index (χ2v) is 3.28. The molecular weight excluding hydrogens is 200 g/mol. The van der Waals surface area contributed by atoms with Crippen molar-refractivity contribution >= 4 is 11.9 Å². The van der Waals surface area contributed by atoms with Gasteiger partial charge in [0.1, 0.15) is 0 Å². The first-order valence-electron chi connectivity index (χ1n) is 4.47. The second kappa shape index (κ2) is 3.34. The van der Waals surface area contributed by atoms with Crippen LogP contribution in [0.25, 0.3) is 0 Å². The van der Waals surface area contributed by atoms with Gasteiger partial charge in [-0.05, 0) is 6.92 Å². The summed E-state index contributed by atoms with van der Waals surface area (Å²) in [6.07, 6.45) is 0. The van der Waals surface area contributed by atoms with E-state index in [9.17, 15) is 9.59 Å². The van der Waals surface area contributed by atoms with Crippen LogP contribution < -0.4 is 5.32 Å². The number of aromatic nitrogens is 3. The van der Waals surface area contributed by atoms with Crippen LogP contribution in [0.2, 0.25) is 0 Å². The number of fused-ring (bicyclic) bond motifs is 1. The molecule has 0 radical (unpaired) electrons. The molecule has 2 rings (SSSR count). The van der Waals surface area contributed by atoms with Gasteiger partial charge >= 0.3 is 5.97 Å². The number of nitrogens with one attached hydrogen (secondary N) is 1. The van der Waals surface area contributed by atoms with Gasteiger partial charge in [0.15, 0.2) is 5.69 Å². The van der Waals surface area contributed by atoms with Crippen LogP contribution in [-0.4, -0.2) is 40.5 Å². The highest BCUT2D eigenvalue weighted by Gasteiger charge is 2.31. The monoisotopic (exact) mass is 210 g/mol. The van der Waals surface area contributed by atoms with Gasteiger partial charge in [-0.1, -0.05) is 5.21 Å². The number of hydrogen-bond donors (Lipinski definition) is 1. The summed E-state index contributed by atoms with van der Waals surface area (Å²) < 4.78 is 5.95. The predicted molar refractivity (Wildman–Crippen MR) is 48.4 cm³/mol. The third-order valence-corrected chi connectivity index (χ3v) is 2.26. The van der Waals surface area contributed by atoms with Gasteiger partial charge in [-0.2, -0.15) is 0 Å². The number of nitrogens with zero attached hydrogens (tertiary/aromatic N) is 3. The van der Waals surface area contributed by atoms with Gasteiger partial charge in [-0.3, -0.25) is 4.79 Å². The molecule has 0 saturated heterocycles. The Morgan fingerprint density at radius 3 is 3.07 bits per heavy atom. The number of esters is 1. The molecule has 7 heteroatoms. The maximum Gasteiger partial charge on any atom is 0.361 e. The van der Waals surface area contributed by atoms with Crippen LogP contribution in [0.5, 0.6) is 0 Å². The molecule has 80 valence electrons. The smallest absolute Gasteiger partial charge is 0.361 e. The maximum atomic E-state index is 11.5. The Hall–Kier alpha value is -1.92. The average Bonchev–Trinajstić information content (AvgIpc) is 2.68. The number of rotatable bonds is 1. The van der Waals surface area contributed by atoms with E-state index in [0.717, 1.165) is 0 Å². The molecular formula is C8H10N4O3. The Labute approximate surface area is 85.4 Å². The Morgan fingerprint density at radius 2 is 2.40 bits per heavy atom. The number of methoxy groups -OCH3 is 1. The lowest BCUT2D eigenvalue weighted by molar-refractivity contribution is 0.0588. The van der Waals surface area contributed by atoms with E-state index in [4.69, 9.17) is 0 Å². The van der Waals surface area contributed by atoms with E-state index in [1.807, 2.05) is 6.92 Å². The number of ether oxygens (including phenoxy) is 1. The molecule has 1 aliphatic heterocycles. The molecule has 15 heavy (non-hydrogen) atoms.